The highest BCUT2D eigenvalue weighted by Crippen LogP contribution is 2.50. The quantitative estimate of drug-likeness (QED) is 0.549. The molecular formula is C18H13Cl2F6NO3. The molecule has 2 rings (SSSR count). The SMILES string of the molecule is O=C(O)CN(Cc1ccc(Cl)cc1Cl)c1ccc(C(O)(C(F)(F)F)C(F)(F)F)cc1. The molecule has 0 radical (unpaired) electrons. The van der Waals surface area contributed by atoms with Crippen LogP contribution in [0.15, 0.2) is 42.5 Å². The van der Waals surface area contributed by atoms with Gasteiger partial charge in [0.05, 0.1) is 0 Å². The molecule has 4 nitrogen and oxygen atoms in total. The van der Waals surface area contributed by atoms with Gasteiger partial charge < -0.3 is 15.1 Å². The first-order chi connectivity index (χ1) is 13.7. The molecule has 0 aliphatic heterocycles. The average Bonchev–Trinajstić information content (AvgIpc) is 2.60. The molecule has 12 heteroatoms. The first-order valence-electron chi connectivity index (χ1n) is 8.04. The number of anilines is 1. The van der Waals surface area contributed by atoms with Crippen LogP contribution in [0.4, 0.5) is 32.0 Å². The van der Waals surface area contributed by atoms with Crippen molar-refractivity contribution in [2.24, 2.45) is 0 Å². The summed E-state index contributed by atoms with van der Waals surface area (Å²) in [6, 6.07) is 6.96. The third-order valence-electron chi connectivity index (χ3n) is 4.17. The summed E-state index contributed by atoms with van der Waals surface area (Å²) in [5.74, 6) is -1.30. The van der Waals surface area contributed by atoms with E-state index in [1.54, 1.807) is 0 Å². The largest absolute Gasteiger partial charge is 0.480 e. The van der Waals surface area contributed by atoms with Crippen molar-refractivity contribution in [3.8, 4) is 0 Å². The van der Waals surface area contributed by atoms with Gasteiger partial charge in [-0.15, -0.1) is 0 Å². The molecule has 0 saturated heterocycles. The first kappa shape index (κ1) is 24.1. The maximum absolute atomic E-state index is 13.0. The van der Waals surface area contributed by atoms with E-state index >= 15 is 0 Å². The van der Waals surface area contributed by atoms with Crippen LogP contribution in [0.2, 0.25) is 10.0 Å². The first-order valence-corrected chi connectivity index (χ1v) is 8.79. The number of hydrogen-bond donors (Lipinski definition) is 2. The van der Waals surface area contributed by atoms with Gasteiger partial charge in [-0.25, -0.2) is 0 Å². The lowest BCUT2D eigenvalue weighted by Crippen LogP contribution is -2.53. The molecule has 0 spiro atoms. The van der Waals surface area contributed by atoms with Crippen LogP contribution in [-0.4, -0.2) is 35.1 Å². The van der Waals surface area contributed by atoms with E-state index in [0.29, 0.717) is 22.7 Å². The Hall–Kier alpha value is -2.17. The molecule has 2 aromatic carbocycles. The summed E-state index contributed by atoms with van der Waals surface area (Å²) in [6.07, 6.45) is -12.0. The lowest BCUT2D eigenvalue weighted by atomic mass is 9.92. The number of carbonyl (C=O) groups is 1. The molecule has 0 aromatic heterocycles. The molecule has 164 valence electrons. The van der Waals surface area contributed by atoms with E-state index in [9.17, 15) is 36.2 Å². The van der Waals surface area contributed by atoms with E-state index in [1.807, 2.05) is 0 Å². The van der Waals surface area contributed by atoms with Crippen molar-refractivity contribution in [1.29, 1.82) is 0 Å². The molecule has 0 bridgehead atoms. The number of halogens is 8. The van der Waals surface area contributed by atoms with E-state index in [0.717, 1.165) is 12.1 Å². The fourth-order valence-corrected chi connectivity index (χ4v) is 3.13. The molecule has 0 fully saturated rings. The molecular weight excluding hydrogens is 463 g/mol. The summed E-state index contributed by atoms with van der Waals surface area (Å²) in [7, 11) is 0. The number of rotatable bonds is 6. The summed E-state index contributed by atoms with van der Waals surface area (Å²) in [5.41, 5.74) is -6.10. The molecule has 0 amide bonds. The van der Waals surface area contributed by atoms with Gasteiger partial charge >= 0.3 is 18.3 Å². The lowest BCUT2D eigenvalue weighted by Gasteiger charge is -2.33. The van der Waals surface area contributed by atoms with Gasteiger partial charge in [0.25, 0.3) is 5.60 Å². The Morgan fingerprint density at radius 1 is 0.933 bits per heavy atom. The zero-order valence-electron chi connectivity index (χ0n) is 14.7. The van der Waals surface area contributed by atoms with E-state index in [2.05, 4.69) is 0 Å². The van der Waals surface area contributed by atoms with Crippen LogP contribution in [0.25, 0.3) is 0 Å². The monoisotopic (exact) mass is 475 g/mol. The Kier molecular flexibility index (Phi) is 6.85. The maximum atomic E-state index is 13.0. The minimum atomic E-state index is -6.02. The van der Waals surface area contributed by atoms with Gasteiger partial charge in [-0.2, -0.15) is 26.3 Å². The van der Waals surface area contributed by atoms with Crippen molar-refractivity contribution in [3.63, 3.8) is 0 Å². The van der Waals surface area contributed by atoms with Gasteiger partial charge in [0.1, 0.15) is 6.54 Å². The normalized spacial score (nSPS) is 12.7. The molecule has 2 aromatic rings. The van der Waals surface area contributed by atoms with Crippen LogP contribution in [0.1, 0.15) is 11.1 Å². The molecule has 0 saturated carbocycles. The van der Waals surface area contributed by atoms with Gasteiger partial charge in [0.2, 0.25) is 0 Å². The van der Waals surface area contributed by atoms with Crippen molar-refractivity contribution in [2.45, 2.75) is 24.5 Å². The highest BCUT2D eigenvalue weighted by atomic mass is 35.5. The van der Waals surface area contributed by atoms with E-state index < -0.39 is 36.0 Å². The molecule has 2 N–H and O–H groups in total. The summed E-state index contributed by atoms with van der Waals surface area (Å²) < 4.78 is 78.0. The second-order valence-electron chi connectivity index (χ2n) is 6.24. The number of alkyl halides is 6. The second kappa shape index (κ2) is 8.52. The standard InChI is InChI=1S/C18H13Cl2F6NO3/c19-12-4-1-10(14(20)7-12)8-27(9-15(28)29)13-5-2-11(3-6-13)16(30,17(21,22)23)18(24,25)26/h1-7,30H,8-9H2,(H,28,29). The van der Waals surface area contributed by atoms with Crippen LogP contribution >= 0.6 is 23.2 Å². The molecule has 0 heterocycles. The number of carboxylic acid groups (broad SMARTS) is 1. The molecule has 0 unspecified atom stereocenters. The highest BCUT2D eigenvalue weighted by Gasteiger charge is 2.71. The molecule has 0 atom stereocenters. The van der Waals surface area contributed by atoms with Gasteiger partial charge in [-0.05, 0) is 29.8 Å². The van der Waals surface area contributed by atoms with E-state index in [4.69, 9.17) is 28.3 Å². The molecule has 0 aliphatic carbocycles. The van der Waals surface area contributed by atoms with Crippen LogP contribution in [0.3, 0.4) is 0 Å². The number of carboxylic acids is 1. The smallest absolute Gasteiger partial charge is 0.430 e. The van der Waals surface area contributed by atoms with Crippen LogP contribution in [0, 0.1) is 0 Å². The van der Waals surface area contributed by atoms with Crippen LogP contribution in [0.5, 0.6) is 0 Å². The van der Waals surface area contributed by atoms with Gasteiger partial charge in [0.15, 0.2) is 0 Å². The minimum absolute atomic E-state index is 0.00105. The van der Waals surface area contributed by atoms with Gasteiger partial charge in [0, 0.05) is 27.8 Å². The number of hydrogen-bond acceptors (Lipinski definition) is 3. The van der Waals surface area contributed by atoms with E-state index in [-0.39, 0.29) is 17.3 Å². The number of aliphatic carboxylic acids is 1. The third-order valence-corrected chi connectivity index (χ3v) is 4.76. The Bertz CT molecular complexity index is 902. The zero-order valence-corrected chi connectivity index (χ0v) is 16.2. The fraction of sp³-hybridized carbons (Fsp3) is 0.278. The number of nitrogens with zero attached hydrogens (tertiary/aromatic N) is 1. The fourth-order valence-electron chi connectivity index (χ4n) is 2.66. The Morgan fingerprint density at radius 2 is 1.47 bits per heavy atom. The number of aliphatic hydroxyl groups is 1. The van der Waals surface area contributed by atoms with Crippen molar-refractivity contribution in [3.05, 3.63) is 63.6 Å². The van der Waals surface area contributed by atoms with Crippen molar-refractivity contribution < 1.29 is 41.4 Å². The molecule has 0 aliphatic rings. The third kappa shape index (κ3) is 4.93. The predicted molar refractivity (Wildman–Crippen MR) is 97.6 cm³/mol. The topological polar surface area (TPSA) is 60.8 Å². The summed E-state index contributed by atoms with van der Waals surface area (Å²) >= 11 is 11.8. The van der Waals surface area contributed by atoms with Crippen molar-refractivity contribution in [1.82, 2.24) is 0 Å². The minimum Gasteiger partial charge on any atom is -0.480 e. The average molecular weight is 476 g/mol. The van der Waals surface area contributed by atoms with E-state index in [1.165, 1.54) is 23.1 Å². The molecule has 30 heavy (non-hydrogen) atoms. The van der Waals surface area contributed by atoms with Gasteiger partial charge in [-0.3, -0.25) is 4.79 Å². The lowest BCUT2D eigenvalue weighted by molar-refractivity contribution is -0.376. The predicted octanol–water partition coefficient (Wildman–Crippen LogP) is 5.40. The van der Waals surface area contributed by atoms with Crippen molar-refractivity contribution in [2.75, 3.05) is 11.4 Å². The van der Waals surface area contributed by atoms with Crippen LogP contribution < -0.4 is 4.90 Å². The summed E-state index contributed by atoms with van der Waals surface area (Å²) in [4.78, 5) is 12.3. The maximum Gasteiger partial charge on any atom is 0.430 e. The Balaban J connectivity index is 2.43. The van der Waals surface area contributed by atoms with Crippen molar-refractivity contribution >= 4 is 34.9 Å². The summed E-state index contributed by atoms with van der Waals surface area (Å²) in [6.45, 7) is -0.744. The summed E-state index contributed by atoms with van der Waals surface area (Å²) in [5, 5.41) is 19.0. The zero-order chi connectivity index (χ0) is 22.9. The van der Waals surface area contributed by atoms with Crippen LogP contribution in [-0.2, 0) is 16.9 Å². The Labute approximate surface area is 176 Å². The van der Waals surface area contributed by atoms with Gasteiger partial charge in [-0.1, -0.05) is 41.4 Å². The Morgan fingerprint density at radius 3 is 1.90 bits per heavy atom. The highest BCUT2D eigenvalue weighted by molar-refractivity contribution is 6.35. The number of benzene rings is 2. The second-order valence-corrected chi connectivity index (χ2v) is 7.08.